The number of sulfonamides is 1. The fourth-order valence-electron chi connectivity index (χ4n) is 3.65. The summed E-state index contributed by atoms with van der Waals surface area (Å²) in [7, 11) is -2.20. The molecule has 1 heterocycles. The van der Waals surface area contributed by atoms with Gasteiger partial charge < -0.3 is 4.74 Å². The third-order valence-electron chi connectivity index (χ3n) is 5.26. The highest BCUT2D eigenvalue weighted by Gasteiger charge is 2.36. The standard InChI is InChI=1S/C21H25ClN2O4S/c1-15-12-23(29(26,27)20-10-8-19(22)9-11-20)13-16(2)24(15)14-17-4-6-18(7-5-17)21(25)28-3/h4-11,15-16H,12-14H2,1-3H3/t15-,16+. The molecule has 6 nitrogen and oxygen atoms in total. The van der Waals surface area contributed by atoms with Crippen molar-refractivity contribution in [1.29, 1.82) is 0 Å². The largest absolute Gasteiger partial charge is 0.465 e. The highest BCUT2D eigenvalue weighted by molar-refractivity contribution is 7.89. The first kappa shape index (κ1) is 21.8. The molecular weight excluding hydrogens is 412 g/mol. The Balaban J connectivity index is 1.71. The molecular formula is C21H25ClN2O4S. The van der Waals surface area contributed by atoms with E-state index in [9.17, 15) is 13.2 Å². The minimum Gasteiger partial charge on any atom is -0.465 e. The second-order valence-corrected chi connectivity index (χ2v) is 9.71. The van der Waals surface area contributed by atoms with Crippen LogP contribution in [0.5, 0.6) is 0 Å². The molecule has 0 bridgehead atoms. The number of hydrogen-bond donors (Lipinski definition) is 0. The molecule has 2 aromatic rings. The molecule has 0 unspecified atom stereocenters. The number of piperazine rings is 1. The van der Waals surface area contributed by atoms with E-state index in [4.69, 9.17) is 16.3 Å². The van der Waals surface area contributed by atoms with Crippen molar-refractivity contribution in [2.75, 3.05) is 20.2 Å². The molecule has 29 heavy (non-hydrogen) atoms. The maximum absolute atomic E-state index is 13.0. The number of carbonyl (C=O) groups excluding carboxylic acids is 1. The molecule has 0 amide bonds. The highest BCUT2D eigenvalue weighted by Crippen LogP contribution is 2.25. The van der Waals surface area contributed by atoms with Gasteiger partial charge in [-0.15, -0.1) is 0 Å². The Morgan fingerprint density at radius 2 is 1.59 bits per heavy atom. The smallest absolute Gasteiger partial charge is 0.337 e. The van der Waals surface area contributed by atoms with Crippen molar-refractivity contribution in [3.63, 3.8) is 0 Å². The van der Waals surface area contributed by atoms with E-state index >= 15 is 0 Å². The number of methoxy groups -OCH3 is 1. The normalized spacial score (nSPS) is 21.1. The minimum absolute atomic E-state index is 0.0427. The monoisotopic (exact) mass is 436 g/mol. The summed E-state index contributed by atoms with van der Waals surface area (Å²) in [5, 5.41) is 0.508. The fourth-order valence-corrected chi connectivity index (χ4v) is 5.37. The van der Waals surface area contributed by atoms with Crippen LogP contribution in [0.1, 0.15) is 29.8 Å². The van der Waals surface area contributed by atoms with Crippen LogP contribution in [0.25, 0.3) is 0 Å². The van der Waals surface area contributed by atoms with Gasteiger partial charge in [-0.1, -0.05) is 23.7 Å². The number of esters is 1. The number of nitrogens with zero attached hydrogens (tertiary/aromatic N) is 2. The van der Waals surface area contributed by atoms with Crippen LogP contribution in [-0.4, -0.2) is 55.9 Å². The Labute approximate surface area is 177 Å². The van der Waals surface area contributed by atoms with E-state index in [1.807, 2.05) is 26.0 Å². The first-order valence-electron chi connectivity index (χ1n) is 9.41. The van der Waals surface area contributed by atoms with Gasteiger partial charge in [0.1, 0.15) is 0 Å². The molecule has 2 aromatic carbocycles. The molecule has 0 radical (unpaired) electrons. The second-order valence-electron chi connectivity index (χ2n) is 7.33. The maximum atomic E-state index is 13.0. The first-order valence-corrected chi connectivity index (χ1v) is 11.2. The van der Waals surface area contributed by atoms with Crippen molar-refractivity contribution in [1.82, 2.24) is 9.21 Å². The summed E-state index contributed by atoms with van der Waals surface area (Å²) < 4.78 is 32.3. The van der Waals surface area contributed by atoms with Gasteiger partial charge in [-0.05, 0) is 55.8 Å². The molecule has 0 aliphatic carbocycles. The number of halogens is 1. The quantitative estimate of drug-likeness (QED) is 0.672. The van der Waals surface area contributed by atoms with Crippen molar-refractivity contribution < 1.29 is 17.9 Å². The zero-order valence-electron chi connectivity index (χ0n) is 16.7. The molecule has 2 atom stereocenters. The summed E-state index contributed by atoms with van der Waals surface area (Å²) in [5.74, 6) is -0.362. The fraction of sp³-hybridized carbons (Fsp3) is 0.381. The Bertz CT molecular complexity index is 949. The predicted octanol–water partition coefficient (Wildman–Crippen LogP) is 3.41. The van der Waals surface area contributed by atoms with E-state index < -0.39 is 10.0 Å². The molecule has 1 aliphatic rings. The second kappa shape index (κ2) is 8.83. The van der Waals surface area contributed by atoms with E-state index in [2.05, 4.69) is 4.90 Å². The maximum Gasteiger partial charge on any atom is 0.337 e. The average molecular weight is 437 g/mol. The van der Waals surface area contributed by atoms with Gasteiger partial charge in [-0.25, -0.2) is 13.2 Å². The van der Waals surface area contributed by atoms with E-state index in [-0.39, 0.29) is 22.9 Å². The summed E-state index contributed by atoms with van der Waals surface area (Å²) in [5.41, 5.74) is 1.57. The molecule has 156 valence electrons. The van der Waals surface area contributed by atoms with Crippen LogP contribution in [0.4, 0.5) is 0 Å². The number of benzene rings is 2. The zero-order valence-corrected chi connectivity index (χ0v) is 18.3. The molecule has 1 aliphatic heterocycles. The van der Waals surface area contributed by atoms with Crippen LogP contribution in [0.3, 0.4) is 0 Å². The first-order chi connectivity index (χ1) is 13.7. The van der Waals surface area contributed by atoms with Crippen molar-refractivity contribution in [2.24, 2.45) is 0 Å². The Hall–Kier alpha value is -1.93. The lowest BCUT2D eigenvalue weighted by atomic mass is 10.1. The zero-order chi connectivity index (χ0) is 21.2. The van der Waals surface area contributed by atoms with Crippen LogP contribution < -0.4 is 0 Å². The van der Waals surface area contributed by atoms with Crippen molar-refractivity contribution in [3.05, 3.63) is 64.7 Å². The van der Waals surface area contributed by atoms with Gasteiger partial charge in [0.25, 0.3) is 0 Å². The van der Waals surface area contributed by atoms with Gasteiger partial charge in [0.2, 0.25) is 10.0 Å². The lowest BCUT2D eigenvalue weighted by molar-refractivity contribution is 0.0600. The van der Waals surface area contributed by atoms with Gasteiger partial charge in [-0.2, -0.15) is 4.31 Å². The topological polar surface area (TPSA) is 66.9 Å². The van der Waals surface area contributed by atoms with Crippen molar-refractivity contribution >= 4 is 27.6 Å². The van der Waals surface area contributed by atoms with Gasteiger partial charge >= 0.3 is 5.97 Å². The number of rotatable bonds is 5. The number of hydrogen-bond acceptors (Lipinski definition) is 5. The van der Waals surface area contributed by atoms with E-state index in [0.29, 0.717) is 30.2 Å². The molecule has 0 saturated carbocycles. The third-order valence-corrected chi connectivity index (χ3v) is 7.36. The van der Waals surface area contributed by atoms with E-state index in [1.165, 1.54) is 7.11 Å². The molecule has 3 rings (SSSR count). The summed E-state index contributed by atoms with van der Waals surface area (Å²) in [6, 6.07) is 13.7. The summed E-state index contributed by atoms with van der Waals surface area (Å²) in [6.07, 6.45) is 0. The average Bonchev–Trinajstić information content (AvgIpc) is 2.70. The van der Waals surface area contributed by atoms with E-state index in [1.54, 1.807) is 40.7 Å². The molecule has 1 saturated heterocycles. The third kappa shape index (κ3) is 4.80. The van der Waals surface area contributed by atoms with Crippen LogP contribution in [0.15, 0.2) is 53.4 Å². The number of carbonyl (C=O) groups is 1. The van der Waals surface area contributed by atoms with Crippen LogP contribution in [-0.2, 0) is 21.3 Å². The molecule has 0 spiro atoms. The minimum atomic E-state index is -3.56. The Morgan fingerprint density at radius 3 is 2.10 bits per heavy atom. The van der Waals surface area contributed by atoms with Crippen LogP contribution in [0, 0.1) is 0 Å². The lowest BCUT2D eigenvalue weighted by Gasteiger charge is -2.43. The summed E-state index contributed by atoms with van der Waals surface area (Å²) >= 11 is 5.88. The van der Waals surface area contributed by atoms with Crippen molar-refractivity contribution in [2.45, 2.75) is 37.4 Å². The number of ether oxygens (including phenoxy) is 1. The molecule has 0 aromatic heterocycles. The Morgan fingerprint density at radius 1 is 1.03 bits per heavy atom. The van der Waals surface area contributed by atoms with Gasteiger partial charge in [0, 0.05) is 36.7 Å². The van der Waals surface area contributed by atoms with Crippen LogP contribution >= 0.6 is 11.6 Å². The summed E-state index contributed by atoms with van der Waals surface area (Å²) in [4.78, 5) is 14.1. The highest BCUT2D eigenvalue weighted by atomic mass is 35.5. The van der Waals surface area contributed by atoms with Gasteiger partial charge in [0.15, 0.2) is 0 Å². The summed E-state index contributed by atoms with van der Waals surface area (Å²) in [6.45, 7) is 5.56. The Kier molecular flexibility index (Phi) is 6.63. The van der Waals surface area contributed by atoms with Crippen molar-refractivity contribution in [3.8, 4) is 0 Å². The van der Waals surface area contributed by atoms with Gasteiger partial charge in [-0.3, -0.25) is 4.90 Å². The van der Waals surface area contributed by atoms with E-state index in [0.717, 1.165) is 5.56 Å². The molecule has 1 fully saturated rings. The van der Waals surface area contributed by atoms with Crippen LogP contribution in [0.2, 0.25) is 5.02 Å². The lowest BCUT2D eigenvalue weighted by Crippen LogP contribution is -2.57. The molecule has 0 N–H and O–H groups in total. The SMILES string of the molecule is COC(=O)c1ccc(CN2[C@H](C)CN(S(=O)(=O)c3ccc(Cl)cc3)C[C@@H]2C)cc1. The predicted molar refractivity (Wildman–Crippen MR) is 112 cm³/mol. The molecule has 8 heteroatoms. The van der Waals surface area contributed by atoms with Gasteiger partial charge in [0.05, 0.1) is 17.6 Å².